The maximum absolute atomic E-state index is 11.4. The van der Waals surface area contributed by atoms with E-state index < -0.39 is 5.97 Å². The minimum absolute atomic E-state index is 0.260. The summed E-state index contributed by atoms with van der Waals surface area (Å²) in [5, 5.41) is 12.5. The van der Waals surface area contributed by atoms with Crippen LogP contribution in [0.25, 0.3) is 0 Å². The second-order valence-corrected chi connectivity index (χ2v) is 5.52. The molecule has 0 aliphatic heterocycles. The van der Waals surface area contributed by atoms with Crippen molar-refractivity contribution in [1.82, 2.24) is 4.98 Å². The van der Waals surface area contributed by atoms with Gasteiger partial charge in [-0.3, -0.25) is 0 Å². The van der Waals surface area contributed by atoms with Crippen LogP contribution < -0.4 is 10.2 Å². The van der Waals surface area contributed by atoms with E-state index >= 15 is 0 Å². The smallest absolute Gasteiger partial charge is 0.337 e. The van der Waals surface area contributed by atoms with Gasteiger partial charge < -0.3 is 15.3 Å². The number of pyridine rings is 1. The molecule has 1 aromatic carbocycles. The number of aromatic carboxylic acids is 1. The fourth-order valence-electron chi connectivity index (χ4n) is 2.59. The molecule has 0 saturated heterocycles. The number of benzene rings is 1. The summed E-state index contributed by atoms with van der Waals surface area (Å²) >= 11 is 0. The molecule has 2 N–H and O–H groups in total. The number of carbonyl (C=O) groups is 1. The second kappa shape index (κ2) is 7.13. The average Bonchev–Trinajstić information content (AvgIpc) is 2.52. The van der Waals surface area contributed by atoms with Crippen molar-refractivity contribution in [2.75, 3.05) is 23.3 Å². The van der Waals surface area contributed by atoms with Crippen LogP contribution >= 0.6 is 0 Å². The molecule has 0 aliphatic carbocycles. The summed E-state index contributed by atoms with van der Waals surface area (Å²) in [6, 6.07) is 7.33. The van der Waals surface area contributed by atoms with E-state index in [1.807, 2.05) is 26.0 Å². The fraction of sp³-hybridized carbons (Fsp3) is 0.333. The lowest BCUT2D eigenvalue weighted by Crippen LogP contribution is -2.23. The minimum atomic E-state index is -0.944. The topological polar surface area (TPSA) is 65.5 Å². The normalized spacial score (nSPS) is 10.4. The van der Waals surface area contributed by atoms with Gasteiger partial charge in [-0.25, -0.2) is 9.78 Å². The van der Waals surface area contributed by atoms with Gasteiger partial charge in [0, 0.05) is 13.1 Å². The van der Waals surface area contributed by atoms with E-state index in [4.69, 9.17) is 0 Å². The van der Waals surface area contributed by atoms with Crippen molar-refractivity contribution in [2.45, 2.75) is 27.7 Å². The lowest BCUT2D eigenvalue weighted by Gasteiger charge is -2.22. The molecule has 0 fully saturated rings. The first-order chi connectivity index (χ1) is 11.0. The number of aromatic nitrogens is 1. The van der Waals surface area contributed by atoms with Gasteiger partial charge in [0.2, 0.25) is 0 Å². The lowest BCUT2D eigenvalue weighted by molar-refractivity contribution is 0.0698. The van der Waals surface area contributed by atoms with E-state index in [9.17, 15) is 9.90 Å². The van der Waals surface area contributed by atoms with E-state index in [1.54, 1.807) is 18.3 Å². The average molecular weight is 313 g/mol. The van der Waals surface area contributed by atoms with Crippen LogP contribution in [-0.2, 0) is 0 Å². The van der Waals surface area contributed by atoms with Crippen molar-refractivity contribution in [1.29, 1.82) is 0 Å². The van der Waals surface area contributed by atoms with E-state index in [0.29, 0.717) is 5.69 Å². The van der Waals surface area contributed by atoms with Crippen molar-refractivity contribution < 1.29 is 9.90 Å². The first-order valence-corrected chi connectivity index (χ1v) is 7.78. The Morgan fingerprint density at radius 1 is 1.22 bits per heavy atom. The summed E-state index contributed by atoms with van der Waals surface area (Å²) in [6.45, 7) is 9.89. The van der Waals surface area contributed by atoms with Gasteiger partial charge in [0.15, 0.2) is 0 Å². The number of aryl methyl sites for hydroxylation is 2. The zero-order chi connectivity index (χ0) is 17.0. The molecule has 0 atom stereocenters. The Morgan fingerprint density at radius 3 is 2.48 bits per heavy atom. The molecule has 5 heteroatoms. The molecule has 122 valence electrons. The van der Waals surface area contributed by atoms with E-state index in [1.165, 1.54) is 0 Å². The van der Waals surface area contributed by atoms with Crippen LogP contribution in [0.5, 0.6) is 0 Å². The SMILES string of the molecule is CCN(CC)c1ncc(Nc2ccc(C)cc2C(=O)O)cc1C. The van der Waals surface area contributed by atoms with Gasteiger partial charge in [-0.1, -0.05) is 11.6 Å². The predicted molar refractivity (Wildman–Crippen MR) is 94.0 cm³/mol. The zero-order valence-corrected chi connectivity index (χ0v) is 14.1. The summed E-state index contributed by atoms with van der Waals surface area (Å²) in [4.78, 5) is 18.1. The number of nitrogens with zero attached hydrogens (tertiary/aromatic N) is 2. The predicted octanol–water partition coefficient (Wildman–Crippen LogP) is 3.99. The molecule has 1 aromatic heterocycles. The molecule has 0 radical (unpaired) electrons. The highest BCUT2D eigenvalue weighted by Crippen LogP contribution is 2.25. The Hall–Kier alpha value is -2.56. The Balaban J connectivity index is 2.31. The summed E-state index contributed by atoms with van der Waals surface area (Å²) in [6.07, 6.45) is 1.74. The first kappa shape index (κ1) is 16.8. The molecule has 5 nitrogen and oxygen atoms in total. The number of carboxylic acid groups (broad SMARTS) is 1. The van der Waals surface area contributed by atoms with Gasteiger partial charge in [0.05, 0.1) is 23.1 Å². The molecule has 0 unspecified atom stereocenters. The number of anilines is 3. The third-order valence-electron chi connectivity index (χ3n) is 3.80. The van der Waals surface area contributed by atoms with Crippen molar-refractivity contribution in [3.05, 3.63) is 47.2 Å². The van der Waals surface area contributed by atoms with Crippen LogP contribution in [0.2, 0.25) is 0 Å². The van der Waals surface area contributed by atoms with Gasteiger partial charge in [-0.05, 0) is 51.5 Å². The monoisotopic (exact) mass is 313 g/mol. The minimum Gasteiger partial charge on any atom is -0.478 e. The highest BCUT2D eigenvalue weighted by molar-refractivity contribution is 5.95. The largest absolute Gasteiger partial charge is 0.478 e. The maximum atomic E-state index is 11.4. The fourth-order valence-corrected chi connectivity index (χ4v) is 2.59. The van der Waals surface area contributed by atoms with Gasteiger partial charge >= 0.3 is 5.97 Å². The van der Waals surface area contributed by atoms with Gasteiger partial charge in [-0.2, -0.15) is 0 Å². The third-order valence-corrected chi connectivity index (χ3v) is 3.80. The standard InChI is InChI=1S/C18H23N3O2/c1-5-21(6-2)17-13(4)10-14(11-19-17)20-16-8-7-12(3)9-15(16)18(22)23/h7-11,20H,5-6H2,1-4H3,(H,22,23). The zero-order valence-electron chi connectivity index (χ0n) is 14.1. The second-order valence-electron chi connectivity index (χ2n) is 5.52. The molecule has 23 heavy (non-hydrogen) atoms. The number of rotatable bonds is 6. The van der Waals surface area contributed by atoms with Crippen LogP contribution in [0.3, 0.4) is 0 Å². The Bertz CT molecular complexity index is 709. The lowest BCUT2D eigenvalue weighted by atomic mass is 10.1. The Labute approximate surface area is 137 Å². The highest BCUT2D eigenvalue weighted by Gasteiger charge is 2.12. The maximum Gasteiger partial charge on any atom is 0.337 e. The molecular weight excluding hydrogens is 290 g/mol. The van der Waals surface area contributed by atoms with Gasteiger partial charge in [0.1, 0.15) is 5.82 Å². The van der Waals surface area contributed by atoms with Crippen molar-refractivity contribution >= 4 is 23.2 Å². The van der Waals surface area contributed by atoms with E-state index in [2.05, 4.69) is 29.0 Å². The molecule has 2 rings (SSSR count). The molecule has 0 bridgehead atoms. The molecular formula is C18H23N3O2. The van der Waals surface area contributed by atoms with Crippen LogP contribution in [0.15, 0.2) is 30.5 Å². The van der Waals surface area contributed by atoms with Crippen molar-refractivity contribution in [2.24, 2.45) is 0 Å². The molecule has 0 saturated carbocycles. The first-order valence-electron chi connectivity index (χ1n) is 7.78. The van der Waals surface area contributed by atoms with E-state index in [-0.39, 0.29) is 5.56 Å². The Morgan fingerprint density at radius 2 is 1.91 bits per heavy atom. The van der Waals surface area contributed by atoms with Crippen molar-refractivity contribution in [3.8, 4) is 0 Å². The van der Waals surface area contributed by atoms with Crippen LogP contribution in [0.4, 0.5) is 17.2 Å². The summed E-state index contributed by atoms with van der Waals surface area (Å²) in [5.74, 6) is 0.0172. The Kier molecular flexibility index (Phi) is 5.21. The molecule has 0 aliphatic rings. The third kappa shape index (κ3) is 3.80. The van der Waals surface area contributed by atoms with Crippen LogP contribution in [0, 0.1) is 13.8 Å². The number of nitrogens with one attached hydrogen (secondary N) is 1. The number of carboxylic acids is 1. The van der Waals surface area contributed by atoms with Gasteiger partial charge in [0.25, 0.3) is 0 Å². The molecule has 2 aromatic rings. The van der Waals surface area contributed by atoms with Gasteiger partial charge in [-0.15, -0.1) is 0 Å². The van der Waals surface area contributed by atoms with E-state index in [0.717, 1.165) is 35.7 Å². The summed E-state index contributed by atoms with van der Waals surface area (Å²) < 4.78 is 0. The molecule has 0 spiro atoms. The van der Waals surface area contributed by atoms with Crippen LogP contribution in [0.1, 0.15) is 35.3 Å². The number of hydrogen-bond acceptors (Lipinski definition) is 4. The molecule has 0 amide bonds. The van der Waals surface area contributed by atoms with Crippen LogP contribution in [-0.4, -0.2) is 29.1 Å². The quantitative estimate of drug-likeness (QED) is 0.844. The molecule has 1 heterocycles. The summed E-state index contributed by atoms with van der Waals surface area (Å²) in [5.41, 5.74) is 3.59. The van der Waals surface area contributed by atoms with Crippen molar-refractivity contribution in [3.63, 3.8) is 0 Å². The number of hydrogen-bond donors (Lipinski definition) is 2. The summed E-state index contributed by atoms with van der Waals surface area (Å²) in [7, 11) is 0. The highest BCUT2D eigenvalue weighted by atomic mass is 16.4.